The number of carbonyl (C=O) groups excluding carboxylic acids is 1. The van der Waals surface area contributed by atoms with Crippen LogP contribution >= 0.6 is 0 Å². The number of rotatable bonds is 4. The van der Waals surface area contributed by atoms with Gasteiger partial charge in [0.15, 0.2) is 0 Å². The highest BCUT2D eigenvalue weighted by atomic mass is 16.1. The maximum absolute atomic E-state index is 11.6. The Morgan fingerprint density at radius 1 is 1.54 bits per heavy atom. The van der Waals surface area contributed by atoms with Gasteiger partial charge in [-0.15, -0.1) is 0 Å². The summed E-state index contributed by atoms with van der Waals surface area (Å²) >= 11 is 0. The number of carbonyl (C=O) groups is 1. The molecule has 0 aromatic rings. The van der Waals surface area contributed by atoms with Crippen molar-refractivity contribution in [2.45, 2.75) is 46.1 Å². The molecule has 0 unspecified atom stereocenters. The lowest BCUT2D eigenvalue weighted by Crippen LogP contribution is -2.37. The highest BCUT2D eigenvalue weighted by Crippen LogP contribution is 2.20. The number of ketones is 1. The van der Waals surface area contributed by atoms with Crippen molar-refractivity contribution in [2.24, 2.45) is 5.92 Å². The van der Waals surface area contributed by atoms with E-state index in [4.69, 9.17) is 0 Å². The average molecular weight is 183 g/mol. The molecule has 1 fully saturated rings. The largest absolute Gasteiger partial charge is 0.298 e. The predicted molar refractivity (Wildman–Crippen MR) is 54.7 cm³/mol. The number of likely N-dealkylation sites (tertiary alicyclic amines) is 1. The summed E-state index contributed by atoms with van der Waals surface area (Å²) in [6.45, 7) is 8.59. The highest BCUT2D eigenvalue weighted by Gasteiger charge is 2.29. The maximum Gasteiger partial charge on any atom is 0.149 e. The third-order valence-electron chi connectivity index (χ3n) is 2.68. The predicted octanol–water partition coefficient (Wildman–Crippen LogP) is 2.09. The van der Waals surface area contributed by atoms with E-state index in [9.17, 15) is 4.79 Å². The quantitative estimate of drug-likeness (QED) is 0.665. The summed E-state index contributed by atoms with van der Waals surface area (Å²) in [5, 5.41) is 0. The lowest BCUT2D eigenvalue weighted by Gasteiger charge is -2.24. The Bertz CT molecular complexity index is 177. The van der Waals surface area contributed by atoms with E-state index in [0.29, 0.717) is 18.1 Å². The highest BCUT2D eigenvalue weighted by molar-refractivity contribution is 5.83. The number of hydrogen-bond acceptors (Lipinski definition) is 2. The summed E-state index contributed by atoms with van der Waals surface area (Å²) in [6, 6.07) is 0.243. The first kappa shape index (κ1) is 10.7. The van der Waals surface area contributed by atoms with Gasteiger partial charge in [-0.2, -0.15) is 0 Å². The second-order valence-electron chi connectivity index (χ2n) is 4.37. The molecular formula is C11H21NO. The number of Topliss-reactive ketones (excluding diaryl/α,β-unsaturated/α-hetero) is 1. The third kappa shape index (κ3) is 2.80. The van der Waals surface area contributed by atoms with E-state index in [-0.39, 0.29) is 6.04 Å². The molecular weight excluding hydrogens is 162 g/mol. The van der Waals surface area contributed by atoms with Gasteiger partial charge in [0.05, 0.1) is 6.04 Å². The summed E-state index contributed by atoms with van der Waals surface area (Å²) in [7, 11) is 0. The van der Waals surface area contributed by atoms with E-state index in [0.717, 1.165) is 19.5 Å². The Kier molecular flexibility index (Phi) is 3.91. The van der Waals surface area contributed by atoms with Crippen molar-refractivity contribution in [3.8, 4) is 0 Å². The topological polar surface area (TPSA) is 20.3 Å². The summed E-state index contributed by atoms with van der Waals surface area (Å²) in [4.78, 5) is 13.9. The Labute approximate surface area is 81.3 Å². The van der Waals surface area contributed by atoms with Crippen LogP contribution in [0.3, 0.4) is 0 Å². The molecule has 0 aliphatic carbocycles. The van der Waals surface area contributed by atoms with E-state index in [1.807, 2.05) is 6.92 Å². The standard InChI is InChI=1S/C11H21NO/c1-4-11(13)10-6-5-7-12(10)8-9(2)3/h9-10H,4-8H2,1-3H3/t10-/m0/s1. The smallest absolute Gasteiger partial charge is 0.149 e. The van der Waals surface area contributed by atoms with Crippen LogP contribution in [0.4, 0.5) is 0 Å². The summed E-state index contributed by atoms with van der Waals surface area (Å²) in [6.07, 6.45) is 2.97. The molecule has 1 heterocycles. The van der Waals surface area contributed by atoms with Gasteiger partial charge < -0.3 is 0 Å². The van der Waals surface area contributed by atoms with Crippen LogP contribution < -0.4 is 0 Å². The second kappa shape index (κ2) is 4.75. The summed E-state index contributed by atoms with van der Waals surface area (Å²) < 4.78 is 0. The normalized spacial score (nSPS) is 24.2. The van der Waals surface area contributed by atoms with Gasteiger partial charge in [-0.25, -0.2) is 0 Å². The molecule has 0 N–H and O–H groups in total. The minimum absolute atomic E-state index is 0.243. The van der Waals surface area contributed by atoms with Crippen LogP contribution in [0.25, 0.3) is 0 Å². The Balaban J connectivity index is 2.48. The molecule has 0 aromatic carbocycles. The monoisotopic (exact) mass is 183 g/mol. The van der Waals surface area contributed by atoms with Crippen LogP contribution in [0.5, 0.6) is 0 Å². The molecule has 2 heteroatoms. The fourth-order valence-corrected chi connectivity index (χ4v) is 2.11. The minimum Gasteiger partial charge on any atom is -0.298 e. The van der Waals surface area contributed by atoms with Crippen molar-refractivity contribution in [2.75, 3.05) is 13.1 Å². The molecule has 0 bridgehead atoms. The van der Waals surface area contributed by atoms with Gasteiger partial charge in [0.25, 0.3) is 0 Å². The van der Waals surface area contributed by atoms with Crippen molar-refractivity contribution < 1.29 is 4.79 Å². The molecule has 1 aliphatic heterocycles. The molecule has 1 saturated heterocycles. The number of hydrogen-bond donors (Lipinski definition) is 0. The lowest BCUT2D eigenvalue weighted by molar-refractivity contribution is -0.123. The molecule has 1 atom stereocenters. The lowest BCUT2D eigenvalue weighted by atomic mass is 10.1. The Morgan fingerprint density at radius 3 is 2.77 bits per heavy atom. The fourth-order valence-electron chi connectivity index (χ4n) is 2.11. The molecule has 13 heavy (non-hydrogen) atoms. The maximum atomic E-state index is 11.6. The van der Waals surface area contributed by atoms with E-state index in [1.54, 1.807) is 0 Å². The molecule has 76 valence electrons. The van der Waals surface area contributed by atoms with Gasteiger partial charge >= 0.3 is 0 Å². The first-order valence-corrected chi connectivity index (χ1v) is 5.42. The van der Waals surface area contributed by atoms with E-state index in [2.05, 4.69) is 18.7 Å². The molecule has 0 spiro atoms. The van der Waals surface area contributed by atoms with Gasteiger partial charge in [-0.1, -0.05) is 20.8 Å². The van der Waals surface area contributed by atoms with Gasteiger partial charge in [0.1, 0.15) is 5.78 Å². The van der Waals surface area contributed by atoms with Crippen molar-refractivity contribution in [3.05, 3.63) is 0 Å². The second-order valence-corrected chi connectivity index (χ2v) is 4.37. The molecule has 1 aliphatic rings. The van der Waals surface area contributed by atoms with Crippen molar-refractivity contribution in [3.63, 3.8) is 0 Å². The van der Waals surface area contributed by atoms with Crippen LogP contribution in [0, 0.1) is 5.92 Å². The van der Waals surface area contributed by atoms with Gasteiger partial charge in [0.2, 0.25) is 0 Å². The molecule has 2 nitrogen and oxygen atoms in total. The van der Waals surface area contributed by atoms with Gasteiger partial charge in [0, 0.05) is 13.0 Å². The summed E-state index contributed by atoms with van der Waals surface area (Å²) in [5.41, 5.74) is 0. The first-order chi connectivity index (χ1) is 6.15. The van der Waals surface area contributed by atoms with Crippen LogP contribution in [-0.2, 0) is 4.79 Å². The van der Waals surface area contributed by atoms with E-state index >= 15 is 0 Å². The average Bonchev–Trinajstić information content (AvgIpc) is 2.50. The van der Waals surface area contributed by atoms with Crippen LogP contribution in [0.1, 0.15) is 40.0 Å². The van der Waals surface area contributed by atoms with Crippen LogP contribution in [0.2, 0.25) is 0 Å². The Morgan fingerprint density at radius 2 is 2.23 bits per heavy atom. The Hall–Kier alpha value is -0.370. The third-order valence-corrected chi connectivity index (χ3v) is 2.68. The van der Waals surface area contributed by atoms with Crippen molar-refractivity contribution >= 4 is 5.78 Å². The van der Waals surface area contributed by atoms with Gasteiger partial charge in [-0.05, 0) is 25.3 Å². The van der Waals surface area contributed by atoms with Crippen LogP contribution in [-0.4, -0.2) is 29.8 Å². The zero-order valence-corrected chi connectivity index (χ0v) is 9.05. The van der Waals surface area contributed by atoms with Gasteiger partial charge in [-0.3, -0.25) is 9.69 Å². The van der Waals surface area contributed by atoms with Crippen molar-refractivity contribution in [1.82, 2.24) is 4.90 Å². The molecule has 1 rings (SSSR count). The van der Waals surface area contributed by atoms with E-state index in [1.165, 1.54) is 6.42 Å². The van der Waals surface area contributed by atoms with Crippen LogP contribution in [0.15, 0.2) is 0 Å². The molecule has 0 aromatic heterocycles. The minimum atomic E-state index is 0.243. The fraction of sp³-hybridized carbons (Fsp3) is 0.909. The molecule has 0 radical (unpaired) electrons. The SMILES string of the molecule is CCC(=O)[C@@H]1CCCN1CC(C)C. The van der Waals surface area contributed by atoms with Crippen molar-refractivity contribution in [1.29, 1.82) is 0 Å². The first-order valence-electron chi connectivity index (χ1n) is 5.42. The molecule has 0 amide bonds. The number of nitrogens with zero attached hydrogens (tertiary/aromatic N) is 1. The summed E-state index contributed by atoms with van der Waals surface area (Å²) in [5.74, 6) is 1.10. The zero-order chi connectivity index (χ0) is 9.84. The molecule has 0 saturated carbocycles. The van der Waals surface area contributed by atoms with E-state index < -0.39 is 0 Å². The zero-order valence-electron chi connectivity index (χ0n) is 9.05.